The molecule has 0 aliphatic heterocycles. The van der Waals surface area contributed by atoms with Crippen molar-refractivity contribution in [1.82, 2.24) is 0 Å². The first kappa shape index (κ1) is 12.3. The minimum absolute atomic E-state index is 0.421. The zero-order valence-corrected chi connectivity index (χ0v) is 9.67. The molecular weight excluding hydrogens is 188 g/mol. The Hall–Kier alpha value is -0.790. The molecule has 0 aromatic heterocycles. The van der Waals surface area contributed by atoms with Crippen molar-refractivity contribution in [2.75, 3.05) is 0 Å². The third kappa shape index (κ3) is 3.08. The second kappa shape index (κ2) is 5.34. The highest BCUT2D eigenvalue weighted by Gasteiger charge is 2.40. The van der Waals surface area contributed by atoms with Crippen LogP contribution in [0.1, 0.15) is 51.9 Å². The number of carbonyl (C=O) groups is 1. The first-order chi connectivity index (χ1) is 7.10. The first-order valence-corrected chi connectivity index (χ1v) is 5.95. The second-order valence-corrected chi connectivity index (χ2v) is 4.95. The van der Waals surface area contributed by atoms with Gasteiger partial charge in [-0.3, -0.25) is 4.79 Å². The van der Waals surface area contributed by atoms with E-state index in [1.807, 2.05) is 6.08 Å². The summed E-state index contributed by atoms with van der Waals surface area (Å²) >= 11 is 0. The maximum Gasteiger partial charge on any atom is 0.309 e. The molecule has 1 fully saturated rings. The van der Waals surface area contributed by atoms with Crippen LogP contribution in [-0.2, 0) is 4.79 Å². The van der Waals surface area contributed by atoms with E-state index in [0.717, 1.165) is 44.9 Å². The van der Waals surface area contributed by atoms with Gasteiger partial charge in [-0.15, -0.1) is 6.58 Å². The van der Waals surface area contributed by atoms with E-state index in [2.05, 4.69) is 13.5 Å². The lowest BCUT2D eigenvalue weighted by molar-refractivity contribution is -0.152. The average Bonchev–Trinajstić information content (AvgIpc) is 2.21. The molecule has 1 aliphatic rings. The maximum absolute atomic E-state index is 11.4. The zero-order valence-electron chi connectivity index (χ0n) is 9.67. The van der Waals surface area contributed by atoms with Crippen LogP contribution in [0, 0.1) is 11.3 Å². The smallest absolute Gasteiger partial charge is 0.309 e. The number of hydrogen-bond donors (Lipinski definition) is 1. The minimum atomic E-state index is -0.585. The summed E-state index contributed by atoms with van der Waals surface area (Å²) in [5, 5.41) is 9.35. The van der Waals surface area contributed by atoms with Gasteiger partial charge < -0.3 is 5.11 Å². The Bertz CT molecular complexity index is 225. The lowest BCUT2D eigenvalue weighted by Crippen LogP contribution is -2.35. The quantitative estimate of drug-likeness (QED) is 0.556. The van der Waals surface area contributed by atoms with Gasteiger partial charge in [-0.25, -0.2) is 0 Å². The molecule has 0 heterocycles. The highest BCUT2D eigenvalue weighted by atomic mass is 16.4. The van der Waals surface area contributed by atoms with Crippen LogP contribution in [0.5, 0.6) is 0 Å². The molecule has 0 radical (unpaired) electrons. The Morgan fingerprint density at radius 3 is 2.60 bits per heavy atom. The molecule has 0 unspecified atom stereocenters. The number of hydrogen-bond acceptors (Lipinski definition) is 1. The van der Waals surface area contributed by atoms with Crippen molar-refractivity contribution in [2.45, 2.75) is 51.9 Å². The molecule has 1 saturated carbocycles. The van der Waals surface area contributed by atoms with Gasteiger partial charge in [0, 0.05) is 0 Å². The minimum Gasteiger partial charge on any atom is -0.481 e. The Kier molecular flexibility index (Phi) is 4.37. The van der Waals surface area contributed by atoms with Gasteiger partial charge in [0.2, 0.25) is 0 Å². The zero-order chi connectivity index (χ0) is 11.3. The Labute approximate surface area is 92.4 Å². The van der Waals surface area contributed by atoms with Crippen LogP contribution in [0.3, 0.4) is 0 Å². The van der Waals surface area contributed by atoms with Crippen molar-refractivity contribution < 1.29 is 9.90 Å². The first-order valence-electron chi connectivity index (χ1n) is 5.95. The van der Waals surface area contributed by atoms with Gasteiger partial charge in [0.15, 0.2) is 0 Å². The maximum atomic E-state index is 11.4. The number of rotatable bonds is 5. The molecule has 86 valence electrons. The molecule has 1 N–H and O–H groups in total. The van der Waals surface area contributed by atoms with Crippen LogP contribution in [-0.4, -0.2) is 11.1 Å². The molecule has 2 nitrogen and oxygen atoms in total. The predicted octanol–water partition coefficient (Wildman–Crippen LogP) is 3.62. The standard InChI is InChI=1S/C13H22O2/c1-3-4-5-8-13(12(14)15)9-6-11(2)7-10-13/h3,11H,1,4-10H2,2H3,(H,14,15). The summed E-state index contributed by atoms with van der Waals surface area (Å²) in [4.78, 5) is 11.4. The van der Waals surface area contributed by atoms with Gasteiger partial charge in [0.05, 0.1) is 5.41 Å². The number of unbranched alkanes of at least 4 members (excludes halogenated alkanes) is 1. The molecule has 0 spiro atoms. The van der Waals surface area contributed by atoms with Crippen molar-refractivity contribution in [2.24, 2.45) is 11.3 Å². The van der Waals surface area contributed by atoms with Gasteiger partial charge in [-0.2, -0.15) is 0 Å². The van der Waals surface area contributed by atoms with Gasteiger partial charge in [0.25, 0.3) is 0 Å². The monoisotopic (exact) mass is 210 g/mol. The predicted molar refractivity (Wildman–Crippen MR) is 61.7 cm³/mol. The van der Waals surface area contributed by atoms with E-state index in [1.54, 1.807) is 0 Å². The molecule has 0 atom stereocenters. The molecule has 1 rings (SSSR count). The highest BCUT2D eigenvalue weighted by Crippen LogP contribution is 2.42. The van der Waals surface area contributed by atoms with Crippen LogP contribution in [0.2, 0.25) is 0 Å². The normalized spacial score (nSPS) is 31.1. The second-order valence-electron chi connectivity index (χ2n) is 4.95. The molecule has 0 bridgehead atoms. The Morgan fingerprint density at radius 2 is 2.13 bits per heavy atom. The molecule has 0 aromatic carbocycles. The summed E-state index contributed by atoms with van der Waals surface area (Å²) < 4.78 is 0. The number of carboxylic acid groups (broad SMARTS) is 1. The van der Waals surface area contributed by atoms with Crippen molar-refractivity contribution in [3.63, 3.8) is 0 Å². The Balaban J connectivity index is 2.55. The fourth-order valence-corrected chi connectivity index (χ4v) is 2.47. The van der Waals surface area contributed by atoms with E-state index in [-0.39, 0.29) is 0 Å². The van der Waals surface area contributed by atoms with Crippen LogP contribution in [0.25, 0.3) is 0 Å². The summed E-state index contributed by atoms with van der Waals surface area (Å²) in [6.07, 6.45) is 8.46. The number of aliphatic carboxylic acids is 1. The molecule has 0 saturated heterocycles. The van der Waals surface area contributed by atoms with Gasteiger partial charge in [0.1, 0.15) is 0 Å². The van der Waals surface area contributed by atoms with Crippen molar-refractivity contribution in [1.29, 1.82) is 0 Å². The van der Waals surface area contributed by atoms with Gasteiger partial charge >= 0.3 is 5.97 Å². The molecule has 0 amide bonds. The van der Waals surface area contributed by atoms with E-state index in [4.69, 9.17) is 0 Å². The van der Waals surface area contributed by atoms with Crippen LogP contribution < -0.4 is 0 Å². The van der Waals surface area contributed by atoms with Crippen LogP contribution >= 0.6 is 0 Å². The van der Waals surface area contributed by atoms with Crippen LogP contribution in [0.15, 0.2) is 12.7 Å². The van der Waals surface area contributed by atoms with Crippen LogP contribution in [0.4, 0.5) is 0 Å². The number of allylic oxidation sites excluding steroid dienone is 1. The summed E-state index contributed by atoms with van der Waals surface area (Å²) in [5.41, 5.74) is -0.421. The average molecular weight is 210 g/mol. The van der Waals surface area contributed by atoms with E-state index in [0.29, 0.717) is 5.92 Å². The summed E-state index contributed by atoms with van der Waals surface area (Å²) in [6.45, 7) is 5.89. The SMILES string of the molecule is C=CCCCC1(C(=O)O)CCC(C)CC1. The van der Waals surface area contributed by atoms with Crippen molar-refractivity contribution in [3.8, 4) is 0 Å². The van der Waals surface area contributed by atoms with E-state index < -0.39 is 11.4 Å². The topological polar surface area (TPSA) is 37.3 Å². The molecule has 1 aliphatic carbocycles. The molecule has 15 heavy (non-hydrogen) atoms. The largest absolute Gasteiger partial charge is 0.481 e. The third-order valence-electron chi connectivity index (χ3n) is 3.75. The van der Waals surface area contributed by atoms with Crippen molar-refractivity contribution in [3.05, 3.63) is 12.7 Å². The van der Waals surface area contributed by atoms with E-state index in [9.17, 15) is 9.90 Å². The molecule has 2 heteroatoms. The fraction of sp³-hybridized carbons (Fsp3) is 0.769. The third-order valence-corrected chi connectivity index (χ3v) is 3.75. The van der Waals surface area contributed by atoms with E-state index in [1.165, 1.54) is 0 Å². The van der Waals surface area contributed by atoms with Crippen molar-refractivity contribution >= 4 is 5.97 Å². The molecular formula is C13H22O2. The summed E-state index contributed by atoms with van der Waals surface area (Å²) in [6, 6.07) is 0. The number of carboxylic acids is 1. The Morgan fingerprint density at radius 1 is 1.53 bits per heavy atom. The highest BCUT2D eigenvalue weighted by molar-refractivity contribution is 5.74. The van der Waals surface area contributed by atoms with Gasteiger partial charge in [-0.05, 0) is 50.9 Å². The fourth-order valence-electron chi connectivity index (χ4n) is 2.47. The lowest BCUT2D eigenvalue weighted by Gasteiger charge is -2.35. The molecule has 0 aromatic rings. The lowest BCUT2D eigenvalue weighted by atomic mass is 9.68. The summed E-state index contributed by atoms with van der Waals surface area (Å²) in [5.74, 6) is 0.121. The van der Waals surface area contributed by atoms with E-state index >= 15 is 0 Å². The summed E-state index contributed by atoms with van der Waals surface area (Å²) in [7, 11) is 0. The van der Waals surface area contributed by atoms with Gasteiger partial charge in [-0.1, -0.05) is 13.0 Å².